The number of hydrogen-bond donors (Lipinski definition) is 1. The number of ether oxygens (including phenoxy) is 1. The van der Waals surface area contributed by atoms with Gasteiger partial charge in [-0.05, 0) is 42.4 Å². The van der Waals surface area contributed by atoms with Crippen molar-refractivity contribution in [2.75, 3.05) is 7.11 Å². The summed E-state index contributed by atoms with van der Waals surface area (Å²) >= 11 is 0. The maximum absolute atomic E-state index is 9.08. The van der Waals surface area contributed by atoms with Gasteiger partial charge in [0.05, 0.1) is 12.7 Å². The van der Waals surface area contributed by atoms with Crippen LogP contribution in [0, 0.1) is 23.2 Å². The second-order valence-corrected chi connectivity index (χ2v) is 5.55. The van der Waals surface area contributed by atoms with Crippen molar-refractivity contribution < 1.29 is 4.74 Å². The lowest BCUT2D eigenvalue weighted by atomic mass is 9.97. The number of methoxy groups -OCH3 is 1. The Bertz CT molecular complexity index is 478. The normalized spacial score (nSPS) is 26.1. The van der Waals surface area contributed by atoms with Crippen LogP contribution in [-0.2, 0) is 6.54 Å². The lowest BCUT2D eigenvalue weighted by Crippen LogP contribution is -2.31. The molecule has 0 radical (unpaired) electrons. The van der Waals surface area contributed by atoms with E-state index in [1.165, 1.54) is 12.8 Å². The molecule has 3 heteroatoms. The van der Waals surface area contributed by atoms with E-state index in [-0.39, 0.29) is 0 Å². The molecule has 1 fully saturated rings. The van der Waals surface area contributed by atoms with Crippen molar-refractivity contribution in [3.63, 3.8) is 0 Å². The van der Waals surface area contributed by atoms with Gasteiger partial charge in [-0.2, -0.15) is 5.26 Å². The van der Waals surface area contributed by atoms with Gasteiger partial charge in [0, 0.05) is 12.6 Å². The molecule has 1 aromatic carbocycles. The van der Waals surface area contributed by atoms with Crippen molar-refractivity contribution in [1.29, 1.82) is 5.26 Å². The third-order valence-corrected chi connectivity index (χ3v) is 4.42. The van der Waals surface area contributed by atoms with Crippen LogP contribution in [0.15, 0.2) is 18.2 Å². The molecule has 0 amide bonds. The minimum absolute atomic E-state index is 0.600. The fraction of sp³-hybridized carbons (Fsp3) is 0.562. The first-order chi connectivity index (χ1) is 9.15. The summed E-state index contributed by atoms with van der Waals surface area (Å²) < 4.78 is 5.16. The summed E-state index contributed by atoms with van der Waals surface area (Å²) in [5.74, 6) is 2.19. The Morgan fingerprint density at radius 1 is 1.37 bits per heavy atom. The van der Waals surface area contributed by atoms with Gasteiger partial charge in [-0.25, -0.2) is 0 Å². The molecule has 1 aliphatic carbocycles. The number of nitrogens with one attached hydrogen (secondary N) is 1. The monoisotopic (exact) mass is 258 g/mol. The molecule has 0 bridgehead atoms. The Morgan fingerprint density at radius 2 is 2.16 bits per heavy atom. The summed E-state index contributed by atoms with van der Waals surface area (Å²) in [4.78, 5) is 0. The first kappa shape index (κ1) is 13.9. The summed E-state index contributed by atoms with van der Waals surface area (Å²) in [6.45, 7) is 5.47. The van der Waals surface area contributed by atoms with Gasteiger partial charge in [0.15, 0.2) is 0 Å². The molecular formula is C16H22N2O. The number of nitrogens with zero attached hydrogens (tertiary/aromatic N) is 1. The summed E-state index contributed by atoms with van der Waals surface area (Å²) in [5, 5.41) is 12.7. The van der Waals surface area contributed by atoms with E-state index >= 15 is 0 Å². The van der Waals surface area contributed by atoms with E-state index in [9.17, 15) is 0 Å². The quantitative estimate of drug-likeness (QED) is 0.902. The third kappa shape index (κ3) is 3.08. The molecule has 0 heterocycles. The Kier molecular flexibility index (Phi) is 4.44. The van der Waals surface area contributed by atoms with Gasteiger partial charge in [-0.15, -0.1) is 0 Å². The molecule has 102 valence electrons. The van der Waals surface area contributed by atoms with Crippen molar-refractivity contribution in [2.24, 2.45) is 11.8 Å². The highest BCUT2D eigenvalue weighted by Crippen LogP contribution is 2.31. The molecule has 1 aromatic rings. The Labute approximate surface area is 115 Å². The van der Waals surface area contributed by atoms with Crippen LogP contribution in [0.3, 0.4) is 0 Å². The second kappa shape index (κ2) is 6.08. The van der Waals surface area contributed by atoms with Crippen molar-refractivity contribution in [2.45, 2.75) is 39.3 Å². The maximum Gasteiger partial charge on any atom is 0.136 e. The van der Waals surface area contributed by atoms with Crippen LogP contribution in [0.1, 0.15) is 37.8 Å². The molecule has 0 aromatic heterocycles. The fourth-order valence-corrected chi connectivity index (χ4v) is 2.85. The molecule has 3 atom stereocenters. The minimum atomic E-state index is 0.600. The van der Waals surface area contributed by atoms with Crippen LogP contribution in [0.2, 0.25) is 0 Å². The highest BCUT2D eigenvalue weighted by atomic mass is 16.5. The molecule has 3 unspecified atom stereocenters. The third-order valence-electron chi connectivity index (χ3n) is 4.42. The second-order valence-electron chi connectivity index (χ2n) is 5.55. The van der Waals surface area contributed by atoms with E-state index in [0.29, 0.717) is 17.4 Å². The van der Waals surface area contributed by atoms with Crippen molar-refractivity contribution in [1.82, 2.24) is 5.32 Å². The summed E-state index contributed by atoms with van der Waals surface area (Å²) in [5.41, 5.74) is 1.75. The zero-order valence-electron chi connectivity index (χ0n) is 11.9. The van der Waals surface area contributed by atoms with E-state index in [1.807, 2.05) is 18.2 Å². The summed E-state index contributed by atoms with van der Waals surface area (Å²) in [6.07, 6.45) is 2.56. The van der Waals surface area contributed by atoms with Crippen LogP contribution in [0.5, 0.6) is 5.75 Å². The van der Waals surface area contributed by atoms with Crippen molar-refractivity contribution in [3.05, 3.63) is 29.3 Å². The van der Waals surface area contributed by atoms with Crippen LogP contribution >= 0.6 is 0 Å². The van der Waals surface area contributed by atoms with E-state index in [2.05, 4.69) is 25.2 Å². The average molecular weight is 258 g/mol. The highest BCUT2D eigenvalue weighted by Gasteiger charge is 2.28. The Balaban J connectivity index is 1.99. The van der Waals surface area contributed by atoms with Crippen molar-refractivity contribution in [3.8, 4) is 11.8 Å². The van der Waals surface area contributed by atoms with Crippen LogP contribution in [0.25, 0.3) is 0 Å². The van der Waals surface area contributed by atoms with Crippen molar-refractivity contribution >= 4 is 0 Å². The number of rotatable bonds is 4. The van der Waals surface area contributed by atoms with Crippen LogP contribution in [0.4, 0.5) is 0 Å². The molecule has 1 saturated carbocycles. The van der Waals surface area contributed by atoms with Gasteiger partial charge in [0.25, 0.3) is 0 Å². The van der Waals surface area contributed by atoms with Gasteiger partial charge in [0.2, 0.25) is 0 Å². The van der Waals surface area contributed by atoms with E-state index in [0.717, 1.165) is 23.9 Å². The summed E-state index contributed by atoms with van der Waals surface area (Å²) in [6, 6.07) is 8.58. The molecule has 2 rings (SSSR count). The van der Waals surface area contributed by atoms with E-state index in [4.69, 9.17) is 10.00 Å². The van der Waals surface area contributed by atoms with Gasteiger partial charge < -0.3 is 10.1 Å². The standard InChI is InChI=1S/C16H22N2O/c1-11-4-6-15(12(11)2)18-10-13-5-7-16(19-3)14(8-13)9-17/h5,7-8,11-12,15,18H,4,6,10H2,1-3H3. The fourth-order valence-electron chi connectivity index (χ4n) is 2.85. The zero-order valence-corrected chi connectivity index (χ0v) is 11.9. The first-order valence-corrected chi connectivity index (χ1v) is 6.96. The van der Waals surface area contributed by atoms with Gasteiger partial charge in [-0.3, -0.25) is 0 Å². The van der Waals surface area contributed by atoms with Gasteiger partial charge in [0.1, 0.15) is 11.8 Å². The lowest BCUT2D eigenvalue weighted by Gasteiger charge is -2.20. The number of benzene rings is 1. The summed E-state index contributed by atoms with van der Waals surface area (Å²) in [7, 11) is 1.59. The Hall–Kier alpha value is -1.53. The van der Waals surface area contributed by atoms with Crippen LogP contribution in [-0.4, -0.2) is 13.2 Å². The highest BCUT2D eigenvalue weighted by molar-refractivity contribution is 5.45. The molecule has 1 N–H and O–H groups in total. The molecule has 0 aliphatic heterocycles. The predicted octanol–water partition coefficient (Wildman–Crippen LogP) is 3.09. The van der Waals surface area contributed by atoms with Crippen LogP contribution < -0.4 is 10.1 Å². The molecule has 0 saturated heterocycles. The molecule has 1 aliphatic rings. The molecule has 19 heavy (non-hydrogen) atoms. The Morgan fingerprint density at radius 3 is 2.74 bits per heavy atom. The van der Waals surface area contributed by atoms with Gasteiger partial charge >= 0.3 is 0 Å². The molecular weight excluding hydrogens is 236 g/mol. The average Bonchev–Trinajstić information content (AvgIpc) is 2.76. The van der Waals surface area contributed by atoms with Gasteiger partial charge in [-0.1, -0.05) is 19.9 Å². The minimum Gasteiger partial charge on any atom is -0.495 e. The maximum atomic E-state index is 9.08. The van der Waals surface area contributed by atoms with E-state index < -0.39 is 0 Å². The lowest BCUT2D eigenvalue weighted by molar-refractivity contribution is 0.369. The predicted molar refractivity (Wildman–Crippen MR) is 75.9 cm³/mol. The smallest absolute Gasteiger partial charge is 0.136 e. The number of hydrogen-bond acceptors (Lipinski definition) is 3. The SMILES string of the molecule is COc1ccc(CNC2CCC(C)C2C)cc1C#N. The molecule has 3 nitrogen and oxygen atoms in total. The first-order valence-electron chi connectivity index (χ1n) is 6.96. The molecule has 0 spiro atoms. The topological polar surface area (TPSA) is 45.0 Å². The van der Waals surface area contributed by atoms with E-state index in [1.54, 1.807) is 7.11 Å². The largest absolute Gasteiger partial charge is 0.495 e. The number of nitriles is 1. The zero-order chi connectivity index (χ0) is 13.8.